The van der Waals surface area contributed by atoms with Crippen molar-refractivity contribution in [3.05, 3.63) is 38.9 Å². The minimum atomic E-state index is -1.36. The first kappa shape index (κ1) is 16.9. The lowest BCUT2D eigenvalue weighted by Crippen LogP contribution is -2.52. The third-order valence-electron chi connectivity index (χ3n) is 3.19. The summed E-state index contributed by atoms with van der Waals surface area (Å²) in [6, 6.07) is 3.77. The Balaban J connectivity index is 2.85. The molecule has 0 aliphatic carbocycles. The average Bonchev–Trinajstić information content (AvgIpc) is 2.40. The number of aliphatic carboxylic acids is 1. The van der Waals surface area contributed by atoms with Gasteiger partial charge in [-0.15, -0.1) is 0 Å². The van der Waals surface area contributed by atoms with Crippen LogP contribution in [0.1, 0.15) is 25.8 Å². The summed E-state index contributed by atoms with van der Waals surface area (Å²) in [6.07, 6.45) is 0.0712. The standard InChI is InChI=1S/C13H15ClN2O5/c1-3-13(2,12(18)19)15-11(17)6-8-4-5-9(16(20)21)7-10(8)14/h4-5,7H,3,6H2,1-2H3,(H,15,17)(H,18,19). The van der Waals surface area contributed by atoms with E-state index in [1.807, 2.05) is 0 Å². The van der Waals surface area contributed by atoms with Gasteiger partial charge in [0.15, 0.2) is 0 Å². The number of hydrogen-bond acceptors (Lipinski definition) is 4. The highest BCUT2D eigenvalue weighted by Gasteiger charge is 2.32. The Morgan fingerprint density at radius 2 is 2.10 bits per heavy atom. The number of benzene rings is 1. The second-order valence-electron chi connectivity index (χ2n) is 4.75. The molecule has 0 radical (unpaired) electrons. The smallest absolute Gasteiger partial charge is 0.329 e. The van der Waals surface area contributed by atoms with Gasteiger partial charge in [-0.2, -0.15) is 0 Å². The van der Waals surface area contributed by atoms with Gasteiger partial charge in [0.2, 0.25) is 5.91 Å². The molecule has 0 aliphatic heterocycles. The molecule has 0 aromatic heterocycles. The van der Waals surface area contributed by atoms with Gasteiger partial charge in [0, 0.05) is 12.1 Å². The molecular formula is C13H15ClN2O5. The van der Waals surface area contributed by atoms with E-state index in [1.54, 1.807) is 6.92 Å². The first-order chi connectivity index (χ1) is 9.69. The lowest BCUT2D eigenvalue weighted by Gasteiger charge is -2.24. The van der Waals surface area contributed by atoms with Crippen molar-refractivity contribution in [3.8, 4) is 0 Å². The quantitative estimate of drug-likeness (QED) is 0.617. The van der Waals surface area contributed by atoms with Gasteiger partial charge < -0.3 is 10.4 Å². The van der Waals surface area contributed by atoms with Crippen LogP contribution >= 0.6 is 11.6 Å². The maximum absolute atomic E-state index is 11.9. The molecule has 0 heterocycles. The van der Waals surface area contributed by atoms with Gasteiger partial charge in [-0.1, -0.05) is 24.6 Å². The Morgan fingerprint density at radius 1 is 1.48 bits per heavy atom. The maximum Gasteiger partial charge on any atom is 0.329 e. The molecule has 0 bridgehead atoms. The van der Waals surface area contributed by atoms with Crippen molar-refractivity contribution in [2.75, 3.05) is 0 Å². The van der Waals surface area contributed by atoms with E-state index < -0.39 is 22.3 Å². The van der Waals surface area contributed by atoms with E-state index in [0.717, 1.165) is 6.07 Å². The summed E-state index contributed by atoms with van der Waals surface area (Å²) < 4.78 is 0. The number of nitro groups is 1. The third kappa shape index (κ3) is 4.16. The lowest BCUT2D eigenvalue weighted by molar-refractivity contribution is -0.384. The highest BCUT2D eigenvalue weighted by Crippen LogP contribution is 2.23. The third-order valence-corrected chi connectivity index (χ3v) is 3.54. The fourth-order valence-corrected chi connectivity index (χ4v) is 1.85. The highest BCUT2D eigenvalue weighted by molar-refractivity contribution is 6.31. The molecule has 1 rings (SSSR count). The van der Waals surface area contributed by atoms with E-state index in [-0.39, 0.29) is 23.6 Å². The van der Waals surface area contributed by atoms with Crippen molar-refractivity contribution < 1.29 is 19.6 Å². The molecule has 0 fully saturated rings. The fraction of sp³-hybridized carbons (Fsp3) is 0.385. The number of nitro benzene ring substituents is 1. The van der Waals surface area contributed by atoms with Gasteiger partial charge in [0.25, 0.3) is 5.69 Å². The van der Waals surface area contributed by atoms with Gasteiger partial charge in [-0.3, -0.25) is 14.9 Å². The summed E-state index contributed by atoms with van der Waals surface area (Å²) in [5.41, 5.74) is -1.14. The molecule has 0 saturated carbocycles. The Morgan fingerprint density at radius 3 is 2.52 bits per heavy atom. The molecule has 21 heavy (non-hydrogen) atoms. The Labute approximate surface area is 126 Å². The summed E-state index contributed by atoms with van der Waals surface area (Å²) in [7, 11) is 0. The molecule has 1 amide bonds. The van der Waals surface area contributed by atoms with Crippen LogP contribution < -0.4 is 5.32 Å². The number of non-ortho nitro benzene ring substituents is 1. The average molecular weight is 315 g/mol. The van der Waals surface area contributed by atoms with Gasteiger partial charge in [0.05, 0.1) is 16.4 Å². The van der Waals surface area contributed by atoms with E-state index in [0.29, 0.717) is 5.56 Å². The largest absolute Gasteiger partial charge is 0.480 e. The summed E-state index contributed by atoms with van der Waals surface area (Å²) in [5.74, 6) is -1.65. The van der Waals surface area contributed by atoms with Crippen molar-refractivity contribution in [1.29, 1.82) is 0 Å². The maximum atomic E-state index is 11.9. The number of carboxylic acid groups (broad SMARTS) is 1. The highest BCUT2D eigenvalue weighted by atomic mass is 35.5. The number of hydrogen-bond donors (Lipinski definition) is 2. The van der Waals surface area contributed by atoms with Crippen LogP contribution in [0.25, 0.3) is 0 Å². The van der Waals surface area contributed by atoms with Gasteiger partial charge in [0.1, 0.15) is 5.54 Å². The molecule has 0 aliphatic rings. The number of nitrogens with zero attached hydrogens (tertiary/aromatic N) is 1. The van der Waals surface area contributed by atoms with Gasteiger partial charge >= 0.3 is 5.97 Å². The van der Waals surface area contributed by atoms with E-state index >= 15 is 0 Å². The summed E-state index contributed by atoms with van der Waals surface area (Å²) in [5, 5.41) is 22.2. The Bertz CT molecular complexity index is 590. The zero-order valence-corrected chi connectivity index (χ0v) is 12.3. The van der Waals surface area contributed by atoms with E-state index in [4.69, 9.17) is 16.7 Å². The minimum Gasteiger partial charge on any atom is -0.480 e. The number of amides is 1. The van der Waals surface area contributed by atoms with Crippen molar-refractivity contribution in [2.24, 2.45) is 0 Å². The molecule has 8 heteroatoms. The zero-order valence-electron chi connectivity index (χ0n) is 11.6. The number of carboxylic acids is 1. The molecule has 1 atom stereocenters. The number of rotatable bonds is 6. The molecule has 1 aromatic rings. The Hall–Kier alpha value is -2.15. The molecule has 0 saturated heterocycles. The van der Waals surface area contributed by atoms with Crippen LogP contribution in [-0.2, 0) is 16.0 Å². The minimum absolute atomic E-state index is 0.0906. The number of halogens is 1. The van der Waals surface area contributed by atoms with Gasteiger partial charge in [-0.25, -0.2) is 4.79 Å². The molecule has 7 nitrogen and oxygen atoms in total. The molecule has 1 unspecified atom stereocenters. The second-order valence-corrected chi connectivity index (χ2v) is 5.16. The second kappa shape index (κ2) is 6.53. The Kier molecular flexibility index (Phi) is 5.26. The first-order valence-electron chi connectivity index (χ1n) is 6.17. The van der Waals surface area contributed by atoms with Crippen LogP contribution in [0.5, 0.6) is 0 Å². The fourth-order valence-electron chi connectivity index (χ4n) is 1.61. The summed E-state index contributed by atoms with van der Waals surface area (Å²) in [6.45, 7) is 3.05. The normalized spacial score (nSPS) is 13.3. The molecule has 0 spiro atoms. The lowest BCUT2D eigenvalue weighted by atomic mass is 9.98. The van der Waals surface area contributed by atoms with Crippen molar-refractivity contribution in [3.63, 3.8) is 0 Å². The van der Waals surface area contributed by atoms with Gasteiger partial charge in [-0.05, 0) is 18.9 Å². The molecule has 1 aromatic carbocycles. The van der Waals surface area contributed by atoms with Crippen LogP contribution in [-0.4, -0.2) is 27.4 Å². The van der Waals surface area contributed by atoms with E-state index in [1.165, 1.54) is 19.1 Å². The van der Waals surface area contributed by atoms with Crippen LogP contribution in [0, 0.1) is 10.1 Å². The first-order valence-corrected chi connectivity index (χ1v) is 6.54. The summed E-state index contributed by atoms with van der Waals surface area (Å²) in [4.78, 5) is 33.0. The van der Waals surface area contributed by atoms with Crippen molar-refractivity contribution in [2.45, 2.75) is 32.2 Å². The number of nitrogens with one attached hydrogen (secondary N) is 1. The monoisotopic (exact) mass is 314 g/mol. The predicted molar refractivity (Wildman–Crippen MR) is 76.3 cm³/mol. The van der Waals surface area contributed by atoms with Crippen molar-refractivity contribution >= 4 is 29.2 Å². The van der Waals surface area contributed by atoms with Crippen LogP contribution in [0.2, 0.25) is 5.02 Å². The number of carbonyl (C=O) groups is 2. The topological polar surface area (TPSA) is 110 Å². The predicted octanol–water partition coefficient (Wildman–Crippen LogP) is 2.16. The van der Waals surface area contributed by atoms with Crippen LogP contribution in [0.3, 0.4) is 0 Å². The van der Waals surface area contributed by atoms with Crippen LogP contribution in [0.4, 0.5) is 5.69 Å². The molecular weight excluding hydrogens is 300 g/mol. The zero-order chi connectivity index (χ0) is 16.2. The van der Waals surface area contributed by atoms with E-state index in [9.17, 15) is 19.7 Å². The molecule has 114 valence electrons. The summed E-state index contributed by atoms with van der Waals surface area (Å²) >= 11 is 5.88. The van der Waals surface area contributed by atoms with Crippen molar-refractivity contribution in [1.82, 2.24) is 5.32 Å². The van der Waals surface area contributed by atoms with Crippen LogP contribution in [0.15, 0.2) is 18.2 Å². The number of carbonyl (C=O) groups excluding carboxylic acids is 1. The SMILES string of the molecule is CCC(C)(NC(=O)Cc1ccc([N+](=O)[O-])cc1Cl)C(=O)O. The van der Waals surface area contributed by atoms with E-state index in [2.05, 4.69) is 5.32 Å². The molecule has 2 N–H and O–H groups in total.